The Hall–Kier alpha value is -2.12. The number of fused-ring (bicyclic) bond motifs is 18. The van der Waals surface area contributed by atoms with Gasteiger partial charge in [-0.25, -0.2) is 0 Å². The Bertz CT molecular complexity index is 1670. The number of esters is 4. The summed E-state index contributed by atoms with van der Waals surface area (Å²) in [5.41, 5.74) is -1.25. The minimum absolute atomic E-state index is 0. The largest absolute Gasteiger partial charge is 0.462 e. The standard InChI is InChI=1S/C27H42O4.C26H40O4.4CH4/c1-5-26(3,4)25(29)30-21-15-17-14-20(21)23-18-12-16(22(17)23)13-19(18)24(28)31-27(6-2)10-8-7-9-11-27;1-5-25(2,3)24(28)29-20-14-16-13-19(20)22-17-11-15(21(16)22)12-18(17)23(27)30-26(4)9-7-6-8-10-26;;;;/h16-23H,5-15H2,1-4H3;15-22H,5-14H2,1-4H3;4*1H4. The molecular formula is C57H98O8. The lowest BCUT2D eigenvalue weighted by Crippen LogP contribution is -2.45. The third-order valence-electron chi connectivity index (χ3n) is 20.5. The fourth-order valence-corrected chi connectivity index (χ4v) is 16.5. The Labute approximate surface area is 397 Å². The van der Waals surface area contributed by atoms with Gasteiger partial charge in [0.05, 0.1) is 22.7 Å². The van der Waals surface area contributed by atoms with E-state index in [1.165, 1.54) is 64.2 Å². The van der Waals surface area contributed by atoms with Gasteiger partial charge in [-0.15, -0.1) is 0 Å². The van der Waals surface area contributed by atoms with Crippen LogP contribution < -0.4 is 0 Å². The van der Waals surface area contributed by atoms with E-state index in [1.54, 1.807) is 0 Å². The highest BCUT2D eigenvalue weighted by atomic mass is 16.6. The van der Waals surface area contributed by atoms with Gasteiger partial charge in [0.15, 0.2) is 0 Å². The molecule has 0 saturated heterocycles. The van der Waals surface area contributed by atoms with Gasteiger partial charge in [-0.2, -0.15) is 0 Å². The van der Waals surface area contributed by atoms with Crippen molar-refractivity contribution in [2.45, 2.75) is 243 Å². The number of rotatable bonds is 11. The average Bonchev–Trinajstić information content (AvgIpc) is 4.11. The van der Waals surface area contributed by atoms with Gasteiger partial charge < -0.3 is 18.9 Å². The van der Waals surface area contributed by atoms with E-state index in [0.29, 0.717) is 59.2 Å². The predicted molar refractivity (Wildman–Crippen MR) is 260 cm³/mol. The van der Waals surface area contributed by atoms with Gasteiger partial charge in [0.1, 0.15) is 23.4 Å². The summed E-state index contributed by atoms with van der Waals surface area (Å²) in [4.78, 5) is 52.1. The van der Waals surface area contributed by atoms with Crippen LogP contribution in [0.5, 0.6) is 0 Å². The van der Waals surface area contributed by atoms with Gasteiger partial charge >= 0.3 is 23.9 Å². The summed E-state index contributed by atoms with van der Waals surface area (Å²) in [6.07, 6.45) is 23.0. The quantitative estimate of drug-likeness (QED) is 0.115. The molecule has 0 N–H and O–H groups in total. The van der Waals surface area contributed by atoms with E-state index in [9.17, 15) is 19.2 Å². The topological polar surface area (TPSA) is 105 Å². The van der Waals surface area contributed by atoms with Crippen LogP contribution in [0, 0.1) is 93.7 Å². The highest BCUT2D eigenvalue weighted by molar-refractivity contribution is 5.77. The fraction of sp³-hybridized carbons (Fsp3) is 0.930. The molecule has 16 atom stereocenters. The van der Waals surface area contributed by atoms with Crippen molar-refractivity contribution in [2.75, 3.05) is 0 Å². The molecule has 0 aromatic heterocycles. The van der Waals surface area contributed by atoms with Gasteiger partial charge in [0.25, 0.3) is 0 Å². The van der Waals surface area contributed by atoms with Crippen LogP contribution in [-0.2, 0) is 38.1 Å². The Morgan fingerprint density at radius 1 is 0.477 bits per heavy atom. The number of carbonyl (C=O) groups excluding carboxylic acids is 4. The van der Waals surface area contributed by atoms with E-state index < -0.39 is 10.8 Å². The van der Waals surface area contributed by atoms with E-state index in [4.69, 9.17) is 18.9 Å². The minimum atomic E-state index is -0.406. The fourth-order valence-electron chi connectivity index (χ4n) is 16.5. The molecule has 0 radical (unpaired) electrons. The van der Waals surface area contributed by atoms with E-state index in [-0.39, 0.29) is 88.8 Å². The minimum Gasteiger partial charge on any atom is -0.462 e. The molecule has 374 valence electrons. The van der Waals surface area contributed by atoms with Gasteiger partial charge in [0, 0.05) is 0 Å². The first kappa shape index (κ1) is 53.8. The summed E-state index contributed by atoms with van der Waals surface area (Å²) in [5, 5.41) is 0. The van der Waals surface area contributed by atoms with Crippen LogP contribution >= 0.6 is 0 Å². The maximum atomic E-state index is 13.4. The van der Waals surface area contributed by atoms with Crippen LogP contribution in [0.15, 0.2) is 0 Å². The molecule has 8 heteroatoms. The van der Waals surface area contributed by atoms with Crippen molar-refractivity contribution < 1.29 is 38.1 Å². The van der Waals surface area contributed by atoms with Gasteiger partial charge in [0.2, 0.25) is 0 Å². The zero-order valence-corrected chi connectivity index (χ0v) is 39.4. The third-order valence-corrected chi connectivity index (χ3v) is 20.5. The number of hydrogen-bond donors (Lipinski definition) is 0. The molecule has 0 aromatic rings. The van der Waals surface area contributed by atoms with Crippen molar-refractivity contribution in [3.8, 4) is 0 Å². The Morgan fingerprint density at radius 2 is 0.846 bits per heavy atom. The molecule has 0 heterocycles. The molecule has 10 fully saturated rings. The molecule has 0 spiro atoms. The number of hydrogen-bond acceptors (Lipinski definition) is 8. The van der Waals surface area contributed by atoms with E-state index in [1.807, 2.05) is 27.7 Å². The summed E-state index contributed by atoms with van der Waals surface area (Å²) in [6, 6.07) is 0. The molecule has 10 rings (SSSR count). The van der Waals surface area contributed by atoms with Gasteiger partial charge in [-0.1, -0.05) is 63.3 Å². The first-order valence-corrected chi connectivity index (χ1v) is 25.9. The summed E-state index contributed by atoms with van der Waals surface area (Å²) in [6.45, 7) is 16.4. The molecule has 8 nitrogen and oxygen atoms in total. The van der Waals surface area contributed by atoms with Gasteiger partial charge in [-0.3, -0.25) is 19.2 Å². The molecule has 65 heavy (non-hydrogen) atoms. The second kappa shape index (κ2) is 20.1. The second-order valence-electron chi connectivity index (χ2n) is 24.4. The Balaban J connectivity index is 0.000000230. The van der Waals surface area contributed by atoms with E-state index in [0.717, 1.165) is 82.5 Å². The van der Waals surface area contributed by atoms with Crippen molar-refractivity contribution in [3.05, 3.63) is 0 Å². The molecule has 10 saturated carbocycles. The summed E-state index contributed by atoms with van der Waals surface area (Å²) >= 11 is 0. The lowest BCUT2D eigenvalue weighted by atomic mass is 9.66. The number of ether oxygens (including phenoxy) is 4. The van der Waals surface area contributed by atoms with E-state index >= 15 is 0 Å². The summed E-state index contributed by atoms with van der Waals surface area (Å²) < 4.78 is 24.7. The highest BCUT2D eigenvalue weighted by Crippen LogP contribution is 2.71. The zero-order chi connectivity index (χ0) is 43.2. The van der Waals surface area contributed by atoms with Crippen molar-refractivity contribution in [1.29, 1.82) is 0 Å². The molecule has 16 unspecified atom stereocenters. The molecule has 0 aliphatic heterocycles. The monoisotopic (exact) mass is 911 g/mol. The summed E-state index contributed by atoms with van der Waals surface area (Å²) in [7, 11) is 0. The normalized spacial score (nSPS) is 40.3. The first-order valence-electron chi connectivity index (χ1n) is 25.9. The van der Waals surface area contributed by atoms with Crippen molar-refractivity contribution in [1.82, 2.24) is 0 Å². The smallest absolute Gasteiger partial charge is 0.311 e. The van der Waals surface area contributed by atoms with Gasteiger partial charge in [-0.05, 0) is 228 Å². The van der Waals surface area contributed by atoms with Crippen LogP contribution in [0.4, 0.5) is 0 Å². The molecule has 0 aromatic carbocycles. The lowest BCUT2D eigenvalue weighted by molar-refractivity contribution is -0.175. The van der Waals surface area contributed by atoms with Crippen LogP contribution in [0.1, 0.15) is 220 Å². The maximum absolute atomic E-state index is 13.4. The average molecular weight is 911 g/mol. The molecular weight excluding hydrogens is 813 g/mol. The zero-order valence-electron chi connectivity index (χ0n) is 39.4. The Kier molecular flexibility index (Phi) is 16.6. The van der Waals surface area contributed by atoms with Crippen molar-refractivity contribution in [3.63, 3.8) is 0 Å². The van der Waals surface area contributed by atoms with Crippen LogP contribution in [0.2, 0.25) is 0 Å². The Morgan fingerprint density at radius 3 is 1.25 bits per heavy atom. The van der Waals surface area contributed by atoms with E-state index in [2.05, 4.69) is 27.7 Å². The molecule has 10 aliphatic carbocycles. The van der Waals surface area contributed by atoms with Crippen molar-refractivity contribution >= 4 is 23.9 Å². The maximum Gasteiger partial charge on any atom is 0.311 e. The third kappa shape index (κ3) is 9.49. The van der Waals surface area contributed by atoms with Crippen LogP contribution in [0.3, 0.4) is 0 Å². The molecule has 0 amide bonds. The van der Waals surface area contributed by atoms with Crippen LogP contribution in [-0.4, -0.2) is 47.3 Å². The van der Waals surface area contributed by atoms with Crippen molar-refractivity contribution in [2.24, 2.45) is 93.7 Å². The molecule has 8 bridgehead atoms. The SMILES string of the molecule is C.C.C.C.CCC(C)(C)C(=O)OC1CC2CC1C1C3CC(CC3C(=O)OC3(C)CCCCC3)C21.CCC1(OC(=O)C2CC3CC2C2C4CC(CC4OC(=O)C(C)(C)CC)C32)CCCCC1. The highest BCUT2D eigenvalue weighted by Gasteiger charge is 2.68. The molecule has 10 aliphatic rings. The van der Waals surface area contributed by atoms with Crippen LogP contribution in [0.25, 0.3) is 0 Å². The second-order valence-corrected chi connectivity index (χ2v) is 24.4. The first-order chi connectivity index (χ1) is 29.0. The summed E-state index contributed by atoms with van der Waals surface area (Å²) in [5.74, 6) is 7.55. The lowest BCUT2D eigenvalue weighted by Gasteiger charge is -2.42. The number of carbonyl (C=O) groups is 4. The predicted octanol–water partition coefficient (Wildman–Crippen LogP) is 14.0.